The van der Waals surface area contributed by atoms with E-state index in [4.69, 9.17) is 4.42 Å². The molecule has 0 fully saturated rings. The van der Waals surface area contributed by atoms with E-state index in [0.29, 0.717) is 17.1 Å². The molecule has 0 bridgehead atoms. The molecule has 1 amide bonds. The Balaban J connectivity index is 1.52. The molecular formula is C26H25F2N7O3. The topological polar surface area (TPSA) is 138 Å². The predicted molar refractivity (Wildman–Crippen MR) is 135 cm³/mol. The lowest BCUT2D eigenvalue weighted by molar-refractivity contribution is 0.0487. The molecule has 0 saturated heterocycles. The lowest BCUT2D eigenvalue weighted by atomic mass is 10.1. The monoisotopic (exact) mass is 521 g/mol. The molecule has 38 heavy (non-hydrogen) atoms. The Bertz CT molecular complexity index is 1490. The minimum absolute atomic E-state index is 0.00511. The van der Waals surface area contributed by atoms with Gasteiger partial charge < -0.3 is 25.5 Å². The molecule has 196 valence electrons. The van der Waals surface area contributed by atoms with Crippen molar-refractivity contribution in [3.8, 4) is 11.5 Å². The van der Waals surface area contributed by atoms with Crippen molar-refractivity contribution in [2.45, 2.75) is 38.2 Å². The van der Waals surface area contributed by atoms with Crippen molar-refractivity contribution in [2.75, 3.05) is 17.3 Å². The van der Waals surface area contributed by atoms with Crippen molar-refractivity contribution < 1.29 is 23.1 Å². The zero-order valence-corrected chi connectivity index (χ0v) is 20.8. The molecule has 1 aliphatic rings. The average Bonchev–Trinajstić information content (AvgIpc) is 3.46. The molecule has 4 N–H and O–H groups in total. The van der Waals surface area contributed by atoms with Crippen LogP contribution in [-0.4, -0.2) is 37.9 Å². The maximum atomic E-state index is 14.8. The zero-order chi connectivity index (χ0) is 27.1. The standard InChI is InChI=1S/C26H25F2N7O3/c1-25(2,37)24-35-34-23(38-24)16-13-29-20(11-17(16)30-18(12-27)14-7-5-4-6-8-14)31-19-10-9-15-21(32-19)26(3,28)33-22(15)36/h4-11,13,18,37H,12H2,1-3H3,(H,33,36)(H2,29,30,31,32)/t18-,26?/m1/s1. The normalized spacial score (nSPS) is 17.6. The van der Waals surface area contributed by atoms with Gasteiger partial charge in [-0.1, -0.05) is 30.3 Å². The van der Waals surface area contributed by atoms with Gasteiger partial charge in [0.25, 0.3) is 11.8 Å². The fourth-order valence-electron chi connectivity index (χ4n) is 4.02. The van der Waals surface area contributed by atoms with Gasteiger partial charge in [-0.25, -0.2) is 18.7 Å². The largest absolute Gasteiger partial charge is 0.417 e. The summed E-state index contributed by atoms with van der Waals surface area (Å²) in [5, 5.41) is 26.6. The molecule has 0 spiro atoms. The first kappa shape index (κ1) is 25.2. The van der Waals surface area contributed by atoms with Crippen LogP contribution in [0.4, 0.5) is 26.1 Å². The number of aromatic nitrogens is 4. The van der Waals surface area contributed by atoms with Gasteiger partial charge in [-0.2, -0.15) is 0 Å². The molecule has 1 unspecified atom stereocenters. The number of aliphatic hydroxyl groups is 1. The number of halogens is 2. The van der Waals surface area contributed by atoms with Gasteiger partial charge in [0.2, 0.25) is 11.7 Å². The molecule has 1 aromatic carbocycles. The van der Waals surface area contributed by atoms with Gasteiger partial charge >= 0.3 is 0 Å². The first-order valence-electron chi connectivity index (χ1n) is 11.8. The molecule has 12 heteroatoms. The summed E-state index contributed by atoms with van der Waals surface area (Å²) in [5.74, 6) is -2.01. The Morgan fingerprint density at radius 3 is 2.58 bits per heavy atom. The summed E-state index contributed by atoms with van der Waals surface area (Å²) in [5.41, 5.74) is 0.261. The molecule has 10 nitrogen and oxygen atoms in total. The highest BCUT2D eigenvalue weighted by molar-refractivity contribution is 5.99. The first-order valence-corrected chi connectivity index (χ1v) is 11.8. The number of carbonyl (C=O) groups is 1. The number of hydrogen-bond acceptors (Lipinski definition) is 9. The third kappa shape index (κ3) is 4.90. The number of benzene rings is 1. The van der Waals surface area contributed by atoms with Crippen LogP contribution in [0, 0.1) is 0 Å². The first-order chi connectivity index (χ1) is 18.0. The molecule has 0 aliphatic carbocycles. The van der Waals surface area contributed by atoms with Crippen LogP contribution in [0.1, 0.15) is 54.3 Å². The summed E-state index contributed by atoms with van der Waals surface area (Å²) in [7, 11) is 0. The number of alkyl halides is 2. The maximum Gasteiger partial charge on any atom is 0.256 e. The highest BCUT2D eigenvalue weighted by Gasteiger charge is 2.41. The highest BCUT2D eigenvalue weighted by Crippen LogP contribution is 2.35. The minimum Gasteiger partial charge on any atom is -0.417 e. The van der Waals surface area contributed by atoms with E-state index in [0.717, 1.165) is 5.56 Å². The second-order valence-corrected chi connectivity index (χ2v) is 9.52. The third-order valence-electron chi connectivity index (χ3n) is 5.96. The average molecular weight is 522 g/mol. The molecule has 4 heterocycles. The quantitative estimate of drug-likeness (QED) is 0.247. The van der Waals surface area contributed by atoms with Gasteiger partial charge in [-0.3, -0.25) is 4.79 Å². The van der Waals surface area contributed by atoms with Gasteiger partial charge in [0.1, 0.15) is 29.6 Å². The summed E-state index contributed by atoms with van der Waals surface area (Å²) < 4.78 is 34.6. The summed E-state index contributed by atoms with van der Waals surface area (Å²) in [6, 6.07) is 13.0. The molecule has 3 aromatic heterocycles. The van der Waals surface area contributed by atoms with Crippen molar-refractivity contribution in [2.24, 2.45) is 0 Å². The number of rotatable bonds is 8. The van der Waals surface area contributed by atoms with Gasteiger partial charge in [-0.05, 0) is 38.5 Å². The second kappa shape index (κ2) is 9.45. The Hall–Kier alpha value is -4.45. The number of nitrogens with one attached hydrogen (secondary N) is 3. The van der Waals surface area contributed by atoms with Crippen molar-refractivity contribution in [1.29, 1.82) is 0 Å². The van der Waals surface area contributed by atoms with Gasteiger partial charge in [0.05, 0.1) is 22.9 Å². The number of amides is 1. The molecule has 1 aliphatic heterocycles. The van der Waals surface area contributed by atoms with Crippen molar-refractivity contribution in [3.63, 3.8) is 0 Å². The van der Waals surface area contributed by atoms with Crippen molar-refractivity contribution >= 4 is 23.2 Å². The van der Waals surface area contributed by atoms with Crippen LogP contribution in [0.25, 0.3) is 11.5 Å². The van der Waals surface area contributed by atoms with E-state index < -0.39 is 30.0 Å². The summed E-state index contributed by atoms with van der Waals surface area (Å²) >= 11 is 0. The van der Waals surface area contributed by atoms with Crippen molar-refractivity contribution in [3.05, 3.63) is 77.4 Å². The number of carbonyl (C=O) groups excluding carboxylic acids is 1. The summed E-state index contributed by atoms with van der Waals surface area (Å²) in [6.07, 6.45) is 1.45. The van der Waals surface area contributed by atoms with Crippen LogP contribution < -0.4 is 16.0 Å². The van der Waals surface area contributed by atoms with Crippen molar-refractivity contribution in [1.82, 2.24) is 25.5 Å². The Kier molecular flexibility index (Phi) is 6.27. The van der Waals surface area contributed by atoms with E-state index in [-0.39, 0.29) is 28.9 Å². The third-order valence-corrected chi connectivity index (χ3v) is 5.96. The lowest BCUT2D eigenvalue weighted by Gasteiger charge is -2.20. The minimum atomic E-state index is -2.10. The molecule has 5 rings (SSSR count). The number of pyridine rings is 2. The van der Waals surface area contributed by atoms with Crippen LogP contribution in [0.3, 0.4) is 0 Å². The Morgan fingerprint density at radius 1 is 1.13 bits per heavy atom. The van der Waals surface area contributed by atoms with E-state index in [2.05, 4.69) is 36.1 Å². The molecule has 2 atom stereocenters. The summed E-state index contributed by atoms with van der Waals surface area (Å²) in [6.45, 7) is 3.53. The Labute approximate surface area is 216 Å². The van der Waals surface area contributed by atoms with E-state index in [9.17, 15) is 18.7 Å². The molecular weight excluding hydrogens is 496 g/mol. The van der Waals surface area contributed by atoms with Crippen LogP contribution in [0.15, 0.2) is 59.1 Å². The second-order valence-electron chi connectivity index (χ2n) is 9.52. The summed E-state index contributed by atoms with van der Waals surface area (Å²) in [4.78, 5) is 20.6. The van der Waals surface area contributed by atoms with Gasteiger partial charge in [0.15, 0.2) is 0 Å². The SMILES string of the molecule is CC(C)(O)c1nnc(-c2cnc(Nc3ccc4c(n3)C(C)(F)NC4=O)cc2N[C@H](CF)c2ccccc2)o1. The predicted octanol–water partition coefficient (Wildman–Crippen LogP) is 4.51. The van der Waals surface area contributed by atoms with Crippen LogP contribution >= 0.6 is 0 Å². The molecule has 0 radical (unpaired) electrons. The molecule has 4 aromatic rings. The Morgan fingerprint density at radius 2 is 1.89 bits per heavy atom. The number of fused-ring (bicyclic) bond motifs is 1. The van der Waals surface area contributed by atoms with Gasteiger partial charge in [0, 0.05) is 12.3 Å². The smallest absolute Gasteiger partial charge is 0.256 e. The lowest BCUT2D eigenvalue weighted by Crippen LogP contribution is -2.31. The number of hydrogen-bond donors (Lipinski definition) is 4. The highest BCUT2D eigenvalue weighted by atomic mass is 19.1. The number of anilines is 3. The fraction of sp³-hybridized carbons (Fsp3) is 0.269. The zero-order valence-electron chi connectivity index (χ0n) is 20.8. The van der Waals surface area contributed by atoms with Crippen LogP contribution in [0.5, 0.6) is 0 Å². The van der Waals surface area contributed by atoms with E-state index in [1.54, 1.807) is 18.2 Å². The number of nitrogens with zero attached hydrogens (tertiary/aromatic N) is 4. The maximum absolute atomic E-state index is 14.8. The molecule has 0 saturated carbocycles. The van der Waals surface area contributed by atoms with Crippen LogP contribution in [-0.2, 0) is 11.4 Å². The van der Waals surface area contributed by atoms with E-state index in [1.165, 1.54) is 39.1 Å². The van der Waals surface area contributed by atoms with Crippen LogP contribution in [0.2, 0.25) is 0 Å². The van der Waals surface area contributed by atoms with E-state index >= 15 is 0 Å². The van der Waals surface area contributed by atoms with Gasteiger partial charge in [-0.15, -0.1) is 10.2 Å². The fourth-order valence-corrected chi connectivity index (χ4v) is 4.02. The van der Waals surface area contributed by atoms with E-state index in [1.807, 2.05) is 18.2 Å².